The molecule has 0 aliphatic carbocycles. The van der Waals surface area contributed by atoms with Crippen LogP contribution in [0.5, 0.6) is 0 Å². The first kappa shape index (κ1) is 28.2. The number of ether oxygens (including phenoxy) is 5. The molecule has 0 fully saturated rings. The topological polar surface area (TPSA) is 185 Å². The average molecular weight is 519 g/mol. The molecule has 0 amide bonds. The van der Waals surface area contributed by atoms with Gasteiger partial charge < -0.3 is 34.0 Å². The van der Waals surface area contributed by atoms with Crippen molar-refractivity contribution >= 4 is 36.9 Å². The van der Waals surface area contributed by atoms with Crippen LogP contribution in [0.25, 0.3) is 11.2 Å². The summed E-state index contributed by atoms with van der Waals surface area (Å²) in [6.07, 6.45) is -0.0703. The van der Waals surface area contributed by atoms with E-state index in [-0.39, 0.29) is 19.0 Å². The number of hydrogen-bond donors (Lipinski definition) is 1. The van der Waals surface area contributed by atoms with Crippen molar-refractivity contribution in [3.8, 4) is 0 Å². The first-order valence-electron chi connectivity index (χ1n) is 10.6. The summed E-state index contributed by atoms with van der Waals surface area (Å²) in [5.74, 6) is -0.909. The summed E-state index contributed by atoms with van der Waals surface area (Å²) >= 11 is 0. The average Bonchev–Trinajstić information content (AvgIpc) is 3.17. The monoisotopic (exact) mass is 519 g/mol. The quantitative estimate of drug-likeness (QED) is 0.231. The van der Waals surface area contributed by atoms with Crippen LogP contribution in [0.3, 0.4) is 0 Å². The molecule has 2 aromatic heterocycles. The number of nitrogens with zero attached hydrogens (tertiary/aromatic N) is 4. The molecule has 16 heteroatoms. The highest BCUT2D eigenvalue weighted by molar-refractivity contribution is 7.54. The van der Waals surface area contributed by atoms with Crippen molar-refractivity contribution < 1.29 is 46.9 Å². The van der Waals surface area contributed by atoms with Crippen LogP contribution in [0, 0.1) is 0 Å². The smallest absolute Gasteiger partial charge is 0.432 e. The van der Waals surface area contributed by atoms with Gasteiger partial charge in [0.2, 0.25) is 13.6 Å². The SMILES string of the molecule is CC(C)OC(=O)OCOP(=O)(OCOC(=O)OC(C)C)C(C)OCCn1cnc2c(N)ncnc21. The third kappa shape index (κ3) is 8.94. The number of aromatic nitrogens is 4. The Bertz CT molecular complexity index is 999. The Kier molecular flexibility index (Phi) is 10.6. The molecule has 0 aliphatic rings. The number of imidazole rings is 1. The molecule has 2 rings (SSSR count). The second kappa shape index (κ2) is 13.2. The maximum absolute atomic E-state index is 13.3. The van der Waals surface area contributed by atoms with Crippen molar-refractivity contribution in [3.05, 3.63) is 12.7 Å². The Morgan fingerprint density at radius 1 is 0.971 bits per heavy atom. The first-order valence-corrected chi connectivity index (χ1v) is 12.2. The van der Waals surface area contributed by atoms with Crippen molar-refractivity contribution in [1.82, 2.24) is 19.5 Å². The predicted molar refractivity (Wildman–Crippen MR) is 120 cm³/mol. The number of nitrogen functional groups attached to an aromatic ring is 1. The molecule has 0 bridgehead atoms. The number of nitrogens with two attached hydrogens (primary N) is 1. The highest BCUT2D eigenvalue weighted by Gasteiger charge is 2.35. The molecule has 1 atom stereocenters. The van der Waals surface area contributed by atoms with Gasteiger partial charge in [-0.1, -0.05) is 0 Å². The van der Waals surface area contributed by atoms with E-state index in [0.29, 0.717) is 11.2 Å². The molecule has 0 aliphatic heterocycles. The maximum atomic E-state index is 13.3. The molecular formula is C19H30N5O10P. The van der Waals surface area contributed by atoms with Crippen molar-refractivity contribution in [3.63, 3.8) is 0 Å². The third-order valence-corrected chi connectivity index (χ3v) is 6.02. The molecule has 196 valence electrons. The zero-order valence-corrected chi connectivity index (χ0v) is 21.0. The minimum Gasteiger partial charge on any atom is -0.432 e. The summed E-state index contributed by atoms with van der Waals surface area (Å²) in [5, 5.41) is 0. The Morgan fingerprint density at radius 2 is 1.54 bits per heavy atom. The highest BCUT2D eigenvalue weighted by atomic mass is 31.2. The fourth-order valence-electron chi connectivity index (χ4n) is 2.47. The standard InChI is InChI=1S/C19H30N5O10P/c1-12(2)33-18(25)29-10-31-35(27,32-11-30-19(26)34-13(3)4)14(5)28-7-6-24-9-23-15-16(20)21-8-22-17(15)24/h8-9,12-14H,6-7,10-11H2,1-5H3,(H2,20,21,22). The summed E-state index contributed by atoms with van der Waals surface area (Å²) in [4.78, 5) is 35.3. The fourth-order valence-corrected chi connectivity index (χ4v) is 3.65. The molecule has 2 heterocycles. The number of carbonyl (C=O) groups excluding carboxylic acids is 2. The Balaban J connectivity index is 1.96. The van der Waals surface area contributed by atoms with Gasteiger partial charge in [-0.15, -0.1) is 0 Å². The van der Waals surface area contributed by atoms with Crippen LogP contribution < -0.4 is 5.73 Å². The van der Waals surface area contributed by atoms with E-state index in [1.54, 1.807) is 32.3 Å². The van der Waals surface area contributed by atoms with E-state index < -0.39 is 51.5 Å². The summed E-state index contributed by atoms with van der Waals surface area (Å²) in [5.41, 5.74) is 6.71. The van der Waals surface area contributed by atoms with Crippen molar-refractivity contribution in [2.24, 2.45) is 0 Å². The molecule has 1 unspecified atom stereocenters. The molecule has 0 radical (unpaired) electrons. The lowest BCUT2D eigenvalue weighted by Gasteiger charge is -2.24. The summed E-state index contributed by atoms with van der Waals surface area (Å²) in [6, 6.07) is 0. The van der Waals surface area contributed by atoms with Crippen molar-refractivity contribution in [2.75, 3.05) is 25.9 Å². The van der Waals surface area contributed by atoms with Gasteiger partial charge in [0.25, 0.3) is 0 Å². The second-order valence-corrected chi connectivity index (χ2v) is 9.82. The van der Waals surface area contributed by atoms with Gasteiger partial charge in [-0.3, -0.25) is 13.6 Å². The lowest BCUT2D eigenvalue weighted by atomic mass is 10.5. The summed E-state index contributed by atoms with van der Waals surface area (Å²) < 4.78 is 50.0. The lowest BCUT2D eigenvalue weighted by molar-refractivity contribution is -0.0395. The number of anilines is 1. The van der Waals surface area contributed by atoms with Crippen LogP contribution in [0.4, 0.5) is 15.4 Å². The van der Waals surface area contributed by atoms with Crippen LogP contribution >= 0.6 is 7.60 Å². The zero-order chi connectivity index (χ0) is 26.0. The molecule has 0 saturated carbocycles. The van der Waals surface area contributed by atoms with Gasteiger partial charge >= 0.3 is 19.9 Å². The van der Waals surface area contributed by atoms with E-state index in [1.807, 2.05) is 0 Å². The fraction of sp³-hybridized carbons (Fsp3) is 0.632. The van der Waals surface area contributed by atoms with Gasteiger partial charge in [0, 0.05) is 6.54 Å². The minimum absolute atomic E-state index is 0.0414. The highest BCUT2D eigenvalue weighted by Crippen LogP contribution is 2.53. The number of hydrogen-bond acceptors (Lipinski definition) is 14. The first-order chi connectivity index (χ1) is 16.5. The molecule has 2 N–H and O–H groups in total. The van der Waals surface area contributed by atoms with Crippen molar-refractivity contribution in [1.29, 1.82) is 0 Å². The van der Waals surface area contributed by atoms with E-state index in [9.17, 15) is 14.2 Å². The predicted octanol–water partition coefficient (Wildman–Crippen LogP) is 3.04. The van der Waals surface area contributed by atoms with E-state index in [4.69, 9.17) is 38.5 Å². The van der Waals surface area contributed by atoms with E-state index in [0.717, 1.165) is 0 Å². The molecule has 0 spiro atoms. The summed E-state index contributed by atoms with van der Waals surface area (Å²) in [7, 11) is -4.11. The van der Waals surface area contributed by atoms with Crippen LogP contribution in [0.15, 0.2) is 12.7 Å². The third-order valence-electron chi connectivity index (χ3n) is 4.05. The van der Waals surface area contributed by atoms with E-state index in [1.165, 1.54) is 19.6 Å². The molecule has 2 aromatic rings. The molecular weight excluding hydrogens is 489 g/mol. The normalized spacial score (nSPS) is 12.7. The second-order valence-electron chi connectivity index (χ2n) is 7.49. The Morgan fingerprint density at radius 3 is 2.09 bits per heavy atom. The number of carbonyl (C=O) groups is 2. The van der Waals surface area contributed by atoms with Crippen molar-refractivity contribution in [2.45, 2.75) is 59.2 Å². The van der Waals surface area contributed by atoms with Crippen LogP contribution in [-0.2, 0) is 43.8 Å². The number of fused-ring (bicyclic) bond motifs is 1. The molecule has 0 saturated heterocycles. The molecule has 15 nitrogen and oxygen atoms in total. The number of rotatable bonds is 13. The minimum atomic E-state index is -4.11. The van der Waals surface area contributed by atoms with Crippen LogP contribution in [0.2, 0.25) is 0 Å². The molecule has 0 aromatic carbocycles. The van der Waals surface area contributed by atoms with Crippen LogP contribution in [0.1, 0.15) is 34.6 Å². The van der Waals surface area contributed by atoms with Gasteiger partial charge in [0.05, 0.1) is 25.1 Å². The summed E-state index contributed by atoms with van der Waals surface area (Å²) in [6.45, 7) is 6.74. The van der Waals surface area contributed by atoms with Gasteiger partial charge in [0.1, 0.15) is 11.8 Å². The van der Waals surface area contributed by atoms with Gasteiger partial charge in [-0.05, 0) is 34.6 Å². The zero-order valence-electron chi connectivity index (χ0n) is 20.1. The Labute approximate surface area is 201 Å². The van der Waals surface area contributed by atoms with Gasteiger partial charge in [-0.25, -0.2) is 24.5 Å². The largest absolute Gasteiger partial charge is 0.510 e. The van der Waals surface area contributed by atoms with E-state index >= 15 is 0 Å². The Hall–Kier alpha value is -3.00. The van der Waals surface area contributed by atoms with Gasteiger partial charge in [-0.2, -0.15) is 0 Å². The van der Waals surface area contributed by atoms with Crippen LogP contribution in [-0.4, -0.2) is 70.1 Å². The maximum Gasteiger partial charge on any atom is 0.510 e. The molecule has 35 heavy (non-hydrogen) atoms. The lowest BCUT2D eigenvalue weighted by Crippen LogP contribution is -2.21. The van der Waals surface area contributed by atoms with Gasteiger partial charge in [0.15, 0.2) is 17.3 Å². The van der Waals surface area contributed by atoms with E-state index in [2.05, 4.69) is 15.0 Å².